The van der Waals surface area contributed by atoms with Crippen molar-refractivity contribution in [3.05, 3.63) is 26.6 Å². The van der Waals surface area contributed by atoms with Crippen molar-refractivity contribution in [2.75, 3.05) is 0 Å². The Hall–Kier alpha value is 0.230. The third-order valence-electron chi connectivity index (χ3n) is 1.54. The summed E-state index contributed by atoms with van der Waals surface area (Å²) in [6.45, 7) is 1.33. The van der Waals surface area contributed by atoms with Crippen LogP contribution in [0.3, 0.4) is 0 Å². The predicted octanol–water partition coefficient (Wildman–Crippen LogP) is 4.61. The molecule has 0 bridgehead atoms. The smallest absolute Gasteiger partial charge is 0.308 e. The number of carbonyl (C=O) groups excluding carboxylic acids is 1. The van der Waals surface area contributed by atoms with E-state index in [0.717, 1.165) is 4.47 Å². The van der Waals surface area contributed by atoms with Gasteiger partial charge in [0.15, 0.2) is 0 Å². The Morgan fingerprint density at radius 1 is 1.33 bits per heavy atom. The number of ether oxygens (including phenoxy) is 1. The highest BCUT2D eigenvalue weighted by Gasteiger charge is 2.14. The third kappa shape index (κ3) is 3.63. The van der Waals surface area contributed by atoms with E-state index in [1.54, 1.807) is 12.1 Å². The Labute approximate surface area is 114 Å². The number of hydrogen-bond acceptors (Lipinski definition) is 2. The van der Waals surface area contributed by atoms with Crippen LogP contribution >= 0.6 is 55.1 Å². The number of rotatable bonds is 2. The minimum Gasteiger partial charge on any atom is -0.426 e. The lowest BCUT2D eigenvalue weighted by atomic mass is 10.2. The second-order valence-corrected chi connectivity index (χ2v) is 5.50. The highest BCUT2D eigenvalue weighted by atomic mass is 79.9. The molecule has 0 amide bonds. The van der Waals surface area contributed by atoms with Gasteiger partial charge in [-0.2, -0.15) is 0 Å². The first-order valence-corrected chi connectivity index (χ1v) is 6.33. The standard InChI is InChI=1S/C9H6Br2Cl2O2/c1-4(14)15-8-2-5(9(12)13)6(10)3-7(8)11/h2-3,9H,1H3. The molecule has 0 saturated carbocycles. The summed E-state index contributed by atoms with van der Waals surface area (Å²) in [6.07, 6.45) is 0. The molecule has 1 rings (SSSR count). The van der Waals surface area contributed by atoms with E-state index in [4.69, 9.17) is 27.9 Å². The van der Waals surface area contributed by atoms with Gasteiger partial charge in [0.2, 0.25) is 0 Å². The summed E-state index contributed by atoms with van der Waals surface area (Å²) in [7, 11) is 0. The second-order valence-electron chi connectivity index (χ2n) is 2.70. The molecule has 0 radical (unpaired) electrons. The van der Waals surface area contributed by atoms with Crippen molar-refractivity contribution in [1.29, 1.82) is 0 Å². The van der Waals surface area contributed by atoms with Crippen LogP contribution in [0.25, 0.3) is 0 Å². The van der Waals surface area contributed by atoms with Gasteiger partial charge in [0.1, 0.15) is 10.6 Å². The van der Waals surface area contributed by atoms with Gasteiger partial charge in [-0.1, -0.05) is 15.9 Å². The number of esters is 1. The molecule has 0 N–H and O–H groups in total. The average Bonchev–Trinajstić information content (AvgIpc) is 2.08. The maximum absolute atomic E-state index is 10.8. The molecule has 15 heavy (non-hydrogen) atoms. The van der Waals surface area contributed by atoms with Gasteiger partial charge in [-0.05, 0) is 28.1 Å². The molecule has 0 unspecified atom stereocenters. The second kappa shape index (κ2) is 5.53. The van der Waals surface area contributed by atoms with Crippen molar-refractivity contribution in [1.82, 2.24) is 0 Å². The molecule has 0 aromatic heterocycles. The fourth-order valence-corrected chi connectivity index (χ4v) is 2.87. The molecule has 0 atom stereocenters. The largest absolute Gasteiger partial charge is 0.426 e. The number of alkyl halides is 2. The minimum absolute atomic E-state index is 0.395. The number of benzene rings is 1. The summed E-state index contributed by atoms with van der Waals surface area (Å²) in [5.41, 5.74) is 0.651. The quantitative estimate of drug-likeness (QED) is 0.428. The Bertz CT molecular complexity index is 394. The van der Waals surface area contributed by atoms with Crippen LogP contribution in [0.4, 0.5) is 0 Å². The van der Waals surface area contributed by atoms with E-state index in [0.29, 0.717) is 15.8 Å². The van der Waals surface area contributed by atoms with Gasteiger partial charge >= 0.3 is 5.97 Å². The van der Waals surface area contributed by atoms with Gasteiger partial charge in [0, 0.05) is 17.0 Å². The molecule has 0 aliphatic rings. The van der Waals surface area contributed by atoms with Gasteiger partial charge in [0.05, 0.1) is 4.47 Å². The highest BCUT2D eigenvalue weighted by molar-refractivity contribution is 9.11. The van der Waals surface area contributed by atoms with Gasteiger partial charge in [-0.25, -0.2) is 0 Å². The van der Waals surface area contributed by atoms with Crippen molar-refractivity contribution in [3.63, 3.8) is 0 Å². The molecular formula is C9H6Br2Cl2O2. The maximum atomic E-state index is 10.8. The summed E-state index contributed by atoms with van der Waals surface area (Å²) in [5, 5.41) is 0. The Balaban J connectivity index is 3.17. The first-order chi connectivity index (χ1) is 6.91. The SMILES string of the molecule is CC(=O)Oc1cc(C(Cl)Cl)c(Br)cc1Br. The Morgan fingerprint density at radius 3 is 2.40 bits per heavy atom. The molecule has 0 spiro atoms. The topological polar surface area (TPSA) is 26.3 Å². The van der Waals surface area contributed by atoms with Crippen molar-refractivity contribution in [2.24, 2.45) is 0 Å². The lowest BCUT2D eigenvalue weighted by Crippen LogP contribution is -2.02. The van der Waals surface area contributed by atoms with Crippen LogP contribution in [0.5, 0.6) is 5.75 Å². The molecule has 1 aromatic carbocycles. The normalized spacial score (nSPS) is 10.5. The van der Waals surface area contributed by atoms with Crippen molar-refractivity contribution >= 4 is 61.0 Å². The molecule has 2 nitrogen and oxygen atoms in total. The summed E-state index contributed by atoms with van der Waals surface area (Å²) in [5.74, 6) is -0.00309. The monoisotopic (exact) mass is 374 g/mol. The van der Waals surface area contributed by atoms with Gasteiger partial charge < -0.3 is 4.74 Å². The third-order valence-corrected chi connectivity index (χ3v) is 3.32. The van der Waals surface area contributed by atoms with E-state index < -0.39 is 10.8 Å². The number of hydrogen-bond donors (Lipinski definition) is 0. The molecule has 0 aliphatic heterocycles. The zero-order chi connectivity index (χ0) is 11.6. The molecule has 0 fully saturated rings. The molecule has 6 heteroatoms. The molecule has 82 valence electrons. The highest BCUT2D eigenvalue weighted by Crippen LogP contribution is 2.38. The fourth-order valence-electron chi connectivity index (χ4n) is 0.945. The summed E-state index contributed by atoms with van der Waals surface area (Å²) in [4.78, 5) is 10.1. The van der Waals surface area contributed by atoms with Gasteiger partial charge in [-0.15, -0.1) is 23.2 Å². The molecule has 0 aliphatic carbocycles. The van der Waals surface area contributed by atoms with Crippen LogP contribution in [0.1, 0.15) is 17.3 Å². The van der Waals surface area contributed by atoms with E-state index in [1.807, 2.05) is 0 Å². The molecule has 0 saturated heterocycles. The van der Waals surface area contributed by atoms with Crippen LogP contribution in [0.2, 0.25) is 0 Å². The Morgan fingerprint density at radius 2 is 1.93 bits per heavy atom. The zero-order valence-corrected chi connectivity index (χ0v) is 12.2. The number of halogens is 4. The first-order valence-electron chi connectivity index (χ1n) is 3.87. The van der Waals surface area contributed by atoms with Crippen molar-refractivity contribution in [3.8, 4) is 5.75 Å². The lowest BCUT2D eigenvalue weighted by Gasteiger charge is -2.10. The van der Waals surface area contributed by atoms with Crippen molar-refractivity contribution in [2.45, 2.75) is 11.8 Å². The van der Waals surface area contributed by atoms with Gasteiger partial charge in [0.25, 0.3) is 0 Å². The van der Waals surface area contributed by atoms with Gasteiger partial charge in [-0.3, -0.25) is 4.79 Å². The van der Waals surface area contributed by atoms with E-state index in [9.17, 15) is 4.79 Å². The fraction of sp³-hybridized carbons (Fsp3) is 0.222. The Kier molecular flexibility index (Phi) is 4.90. The summed E-state index contributed by atoms with van der Waals surface area (Å²) in [6, 6.07) is 3.34. The van der Waals surface area contributed by atoms with E-state index in [2.05, 4.69) is 31.9 Å². The van der Waals surface area contributed by atoms with Crippen LogP contribution < -0.4 is 4.74 Å². The zero-order valence-electron chi connectivity index (χ0n) is 7.56. The number of carbonyl (C=O) groups is 1. The van der Waals surface area contributed by atoms with E-state index in [1.165, 1.54) is 6.92 Å². The predicted molar refractivity (Wildman–Crippen MR) is 67.6 cm³/mol. The minimum atomic E-state index is -0.679. The van der Waals surface area contributed by atoms with Crippen LogP contribution in [0.15, 0.2) is 21.1 Å². The molecule has 1 aromatic rings. The molecule has 0 heterocycles. The molecular weight excluding hydrogens is 371 g/mol. The van der Waals surface area contributed by atoms with Crippen LogP contribution in [-0.2, 0) is 4.79 Å². The first kappa shape index (κ1) is 13.3. The lowest BCUT2D eigenvalue weighted by molar-refractivity contribution is -0.131. The van der Waals surface area contributed by atoms with Crippen molar-refractivity contribution < 1.29 is 9.53 Å². The summed E-state index contributed by atoms with van der Waals surface area (Å²) >= 11 is 18.1. The average molecular weight is 377 g/mol. The maximum Gasteiger partial charge on any atom is 0.308 e. The van der Waals surface area contributed by atoms with E-state index >= 15 is 0 Å². The van der Waals surface area contributed by atoms with Crippen LogP contribution in [0, 0.1) is 0 Å². The van der Waals surface area contributed by atoms with Crippen LogP contribution in [-0.4, -0.2) is 5.97 Å². The van der Waals surface area contributed by atoms with E-state index in [-0.39, 0.29) is 0 Å². The summed E-state index contributed by atoms with van der Waals surface area (Å²) < 4.78 is 6.37.